The maximum absolute atomic E-state index is 14.3. The number of hydrogen-bond acceptors (Lipinski definition) is 4. The van der Waals surface area contributed by atoms with Crippen LogP contribution in [0.25, 0.3) is 0 Å². The second-order valence-electron chi connectivity index (χ2n) is 6.16. The molecule has 1 amide bonds. The molecule has 0 unspecified atom stereocenters. The number of amides is 1. The third kappa shape index (κ3) is 3.68. The Morgan fingerprint density at radius 2 is 2.08 bits per heavy atom. The van der Waals surface area contributed by atoms with E-state index in [0.717, 1.165) is 18.2 Å². The van der Waals surface area contributed by atoms with E-state index in [0.29, 0.717) is 12.1 Å². The minimum atomic E-state index is -1.19. The Hall–Kier alpha value is -2.90. The van der Waals surface area contributed by atoms with Crippen molar-refractivity contribution >= 4 is 5.91 Å². The van der Waals surface area contributed by atoms with Crippen molar-refractivity contribution in [2.75, 3.05) is 6.54 Å². The van der Waals surface area contributed by atoms with Crippen LogP contribution in [0.2, 0.25) is 0 Å². The fourth-order valence-electron chi connectivity index (χ4n) is 3.32. The highest BCUT2D eigenvalue weighted by molar-refractivity contribution is 5.78. The fourth-order valence-corrected chi connectivity index (χ4v) is 3.32. The van der Waals surface area contributed by atoms with Gasteiger partial charge in [0.15, 0.2) is 0 Å². The van der Waals surface area contributed by atoms with Gasteiger partial charge in [-0.15, -0.1) is 0 Å². The minimum Gasteiger partial charge on any atom is -0.328 e. The van der Waals surface area contributed by atoms with Crippen molar-refractivity contribution in [2.24, 2.45) is 0 Å². The first kappa shape index (κ1) is 17.9. The van der Waals surface area contributed by atoms with Crippen LogP contribution in [-0.2, 0) is 11.2 Å². The van der Waals surface area contributed by atoms with Gasteiger partial charge in [0, 0.05) is 48.2 Å². The molecule has 0 saturated carbocycles. The lowest BCUT2D eigenvalue weighted by atomic mass is 9.89. The van der Waals surface area contributed by atoms with Crippen molar-refractivity contribution in [3.05, 3.63) is 75.6 Å². The van der Waals surface area contributed by atoms with E-state index in [2.05, 4.69) is 4.98 Å². The first-order valence-electron chi connectivity index (χ1n) is 8.25. The van der Waals surface area contributed by atoms with Crippen molar-refractivity contribution in [3.8, 4) is 0 Å². The van der Waals surface area contributed by atoms with Gasteiger partial charge in [-0.05, 0) is 30.3 Å². The van der Waals surface area contributed by atoms with Crippen LogP contribution in [0, 0.1) is 21.7 Å². The molecule has 6 nitrogen and oxygen atoms in total. The molecule has 8 heteroatoms. The summed E-state index contributed by atoms with van der Waals surface area (Å²) in [6.45, 7) is 0.140. The number of piperidine rings is 1. The summed E-state index contributed by atoms with van der Waals surface area (Å²) in [4.78, 5) is 28.9. The number of benzene rings is 1. The van der Waals surface area contributed by atoms with Gasteiger partial charge >= 0.3 is 0 Å². The molecule has 0 spiro atoms. The van der Waals surface area contributed by atoms with Crippen LogP contribution in [0.15, 0.2) is 42.6 Å². The number of hydrogen-bond donors (Lipinski definition) is 0. The molecule has 1 aromatic heterocycles. The number of nitrogens with zero attached hydrogens (tertiary/aromatic N) is 3. The lowest BCUT2D eigenvalue weighted by Crippen LogP contribution is -2.49. The second-order valence-corrected chi connectivity index (χ2v) is 6.16. The van der Waals surface area contributed by atoms with Gasteiger partial charge in [0.2, 0.25) is 11.9 Å². The van der Waals surface area contributed by atoms with Crippen molar-refractivity contribution in [2.45, 2.75) is 31.3 Å². The van der Waals surface area contributed by atoms with E-state index in [9.17, 15) is 23.7 Å². The Labute approximate surface area is 148 Å². The number of likely N-dealkylation sites (tertiary alicyclic amines) is 1. The zero-order chi connectivity index (χ0) is 18.7. The molecule has 136 valence electrons. The maximum Gasteiger partial charge on any atom is 0.237 e. The molecule has 0 bridgehead atoms. The topological polar surface area (TPSA) is 76.3 Å². The van der Waals surface area contributed by atoms with Crippen molar-refractivity contribution in [3.63, 3.8) is 0 Å². The lowest BCUT2D eigenvalue weighted by molar-refractivity contribution is -0.533. The normalized spacial score (nSPS) is 20.2. The molecule has 2 atom stereocenters. The molecule has 2 heterocycles. The van der Waals surface area contributed by atoms with Crippen LogP contribution in [0.5, 0.6) is 0 Å². The van der Waals surface area contributed by atoms with Gasteiger partial charge in [-0.1, -0.05) is 6.07 Å². The average molecular weight is 361 g/mol. The molecule has 0 N–H and O–H groups in total. The molecule has 3 rings (SSSR count). The minimum absolute atomic E-state index is 0.00129. The van der Waals surface area contributed by atoms with Crippen LogP contribution in [0.1, 0.15) is 30.1 Å². The van der Waals surface area contributed by atoms with Crippen LogP contribution in [0.3, 0.4) is 0 Å². The maximum atomic E-state index is 14.3. The Kier molecular flexibility index (Phi) is 5.20. The summed E-state index contributed by atoms with van der Waals surface area (Å²) < 4.78 is 28.0. The fraction of sp³-hybridized carbons (Fsp3) is 0.333. The quantitative estimate of drug-likeness (QED) is 0.606. The highest BCUT2D eigenvalue weighted by atomic mass is 19.1. The Balaban J connectivity index is 1.95. The third-order valence-corrected chi connectivity index (χ3v) is 4.56. The molecular formula is C18H17F2N3O3. The summed E-state index contributed by atoms with van der Waals surface area (Å²) in [5.74, 6) is -1.78. The summed E-state index contributed by atoms with van der Waals surface area (Å²) >= 11 is 0. The van der Waals surface area contributed by atoms with E-state index in [4.69, 9.17) is 0 Å². The SMILES string of the molecule is O=C1CC[C@@H]([N+](=O)[O-])[C@H](c2cc(F)ccc2F)N1CCc1ccccn1. The summed E-state index contributed by atoms with van der Waals surface area (Å²) in [6, 6.07) is 5.80. The number of pyridine rings is 1. The number of rotatable bonds is 5. The number of halogens is 2. The molecule has 0 radical (unpaired) electrons. The molecular weight excluding hydrogens is 344 g/mol. The highest BCUT2D eigenvalue weighted by Crippen LogP contribution is 2.35. The van der Waals surface area contributed by atoms with E-state index in [-0.39, 0.29) is 30.9 Å². The van der Waals surface area contributed by atoms with Gasteiger partial charge in [0.05, 0.1) is 0 Å². The molecule has 1 aliphatic rings. The molecule has 1 aromatic carbocycles. The van der Waals surface area contributed by atoms with Gasteiger partial charge < -0.3 is 4.90 Å². The summed E-state index contributed by atoms with van der Waals surface area (Å²) in [5, 5.41) is 11.5. The predicted molar refractivity (Wildman–Crippen MR) is 88.8 cm³/mol. The number of nitro groups is 1. The van der Waals surface area contributed by atoms with Crippen LogP contribution >= 0.6 is 0 Å². The summed E-state index contributed by atoms with van der Waals surface area (Å²) in [7, 11) is 0. The zero-order valence-corrected chi connectivity index (χ0v) is 13.8. The van der Waals surface area contributed by atoms with Gasteiger partial charge in [0.1, 0.15) is 17.7 Å². The van der Waals surface area contributed by atoms with Gasteiger partial charge in [0.25, 0.3) is 0 Å². The van der Waals surface area contributed by atoms with Gasteiger partial charge in [-0.25, -0.2) is 8.78 Å². The van der Waals surface area contributed by atoms with Gasteiger partial charge in [-0.2, -0.15) is 0 Å². The Morgan fingerprint density at radius 1 is 1.27 bits per heavy atom. The van der Waals surface area contributed by atoms with E-state index in [1.165, 1.54) is 4.90 Å². The van der Waals surface area contributed by atoms with Crippen LogP contribution < -0.4 is 0 Å². The Bertz CT molecular complexity index is 817. The van der Waals surface area contributed by atoms with Crippen molar-refractivity contribution in [1.29, 1.82) is 0 Å². The Morgan fingerprint density at radius 3 is 2.77 bits per heavy atom. The monoisotopic (exact) mass is 361 g/mol. The molecule has 26 heavy (non-hydrogen) atoms. The first-order chi connectivity index (χ1) is 12.5. The third-order valence-electron chi connectivity index (χ3n) is 4.56. The number of carbonyl (C=O) groups excluding carboxylic acids is 1. The predicted octanol–water partition coefficient (Wildman–Crippen LogP) is 2.91. The first-order valence-corrected chi connectivity index (χ1v) is 8.25. The molecule has 1 fully saturated rings. The molecule has 1 aliphatic heterocycles. The highest BCUT2D eigenvalue weighted by Gasteiger charge is 2.44. The summed E-state index contributed by atoms with van der Waals surface area (Å²) in [5.41, 5.74) is 0.544. The van der Waals surface area contributed by atoms with E-state index in [1.807, 2.05) is 0 Å². The van der Waals surface area contributed by atoms with Crippen molar-refractivity contribution in [1.82, 2.24) is 9.88 Å². The average Bonchev–Trinajstić information content (AvgIpc) is 2.63. The summed E-state index contributed by atoms with van der Waals surface area (Å²) in [6.07, 6.45) is 1.97. The van der Waals surface area contributed by atoms with Crippen LogP contribution in [0.4, 0.5) is 8.78 Å². The standard InChI is InChI=1S/C18H17F2N3O3/c19-12-4-5-15(20)14(11-12)18-16(23(25)26)6-7-17(24)22(18)10-8-13-3-1-2-9-21-13/h1-5,9,11,16,18H,6-8,10H2/t16-,18+/m1/s1. The number of carbonyl (C=O) groups is 1. The van der Waals surface area contributed by atoms with E-state index < -0.39 is 28.6 Å². The van der Waals surface area contributed by atoms with Gasteiger partial charge in [-0.3, -0.25) is 19.9 Å². The van der Waals surface area contributed by atoms with Crippen LogP contribution in [-0.4, -0.2) is 33.3 Å². The molecule has 1 saturated heterocycles. The zero-order valence-electron chi connectivity index (χ0n) is 13.8. The molecule has 2 aromatic rings. The largest absolute Gasteiger partial charge is 0.328 e. The second kappa shape index (κ2) is 7.55. The van der Waals surface area contributed by atoms with Crippen molar-refractivity contribution < 1.29 is 18.5 Å². The lowest BCUT2D eigenvalue weighted by Gasteiger charge is -2.37. The number of aromatic nitrogens is 1. The smallest absolute Gasteiger partial charge is 0.237 e. The van der Waals surface area contributed by atoms with E-state index in [1.54, 1.807) is 24.4 Å². The molecule has 0 aliphatic carbocycles. The van der Waals surface area contributed by atoms with E-state index >= 15 is 0 Å².